The zero-order valence-electron chi connectivity index (χ0n) is 12.0. The van der Waals surface area contributed by atoms with Crippen molar-refractivity contribution >= 4 is 22.9 Å². The Labute approximate surface area is 119 Å². The van der Waals surface area contributed by atoms with Crippen molar-refractivity contribution in [3.63, 3.8) is 0 Å². The van der Waals surface area contributed by atoms with E-state index < -0.39 is 0 Å². The average Bonchev–Trinajstić information content (AvgIpc) is 2.74. The van der Waals surface area contributed by atoms with Crippen molar-refractivity contribution in [2.75, 3.05) is 18.5 Å². The minimum atomic E-state index is -0.0227. The van der Waals surface area contributed by atoms with Crippen LogP contribution in [0.1, 0.15) is 38.5 Å². The molecule has 1 heterocycles. The van der Waals surface area contributed by atoms with Gasteiger partial charge in [0.1, 0.15) is 0 Å². The number of anilines is 1. The average molecular weight is 284 g/mol. The van der Waals surface area contributed by atoms with Crippen molar-refractivity contribution in [2.24, 2.45) is 0 Å². The molecule has 0 bridgehead atoms. The van der Waals surface area contributed by atoms with E-state index in [1.54, 1.807) is 11.3 Å². The molecule has 19 heavy (non-hydrogen) atoms. The monoisotopic (exact) mass is 284 g/mol. The predicted octanol–water partition coefficient (Wildman–Crippen LogP) is 3.00. The van der Waals surface area contributed by atoms with Gasteiger partial charge in [-0.3, -0.25) is 4.79 Å². The van der Waals surface area contributed by atoms with Crippen LogP contribution in [0.15, 0.2) is 11.4 Å². The Kier molecular flexibility index (Phi) is 7.70. The molecule has 5 heteroatoms. The molecule has 1 amide bonds. The van der Waals surface area contributed by atoms with Crippen molar-refractivity contribution in [3.8, 4) is 0 Å². The highest BCUT2D eigenvalue weighted by Gasteiger charge is 2.04. The first-order valence-corrected chi connectivity index (χ1v) is 7.64. The summed E-state index contributed by atoms with van der Waals surface area (Å²) in [5, 5.41) is 8.23. The Bertz CT molecular complexity index is 377. The topological polar surface area (TPSA) is 50.4 Å². The zero-order chi connectivity index (χ0) is 14.1. The van der Waals surface area contributed by atoms with E-state index in [1.165, 1.54) is 11.8 Å². The predicted molar refractivity (Wildman–Crippen MR) is 80.7 cm³/mol. The van der Waals surface area contributed by atoms with Crippen LogP contribution in [0.3, 0.4) is 0 Å². The van der Waals surface area contributed by atoms with Crippen LogP contribution >= 0.6 is 11.3 Å². The maximum atomic E-state index is 11.0. The molecule has 0 saturated heterocycles. The first-order chi connectivity index (χ1) is 9.09. The van der Waals surface area contributed by atoms with E-state index in [2.05, 4.69) is 24.5 Å². The molecule has 2 N–H and O–H groups in total. The van der Waals surface area contributed by atoms with E-state index in [-0.39, 0.29) is 5.91 Å². The molecule has 1 aromatic rings. The van der Waals surface area contributed by atoms with Gasteiger partial charge in [0.2, 0.25) is 5.91 Å². The Morgan fingerprint density at radius 1 is 1.42 bits per heavy atom. The number of rotatable bonds is 9. The molecule has 0 fully saturated rings. The maximum absolute atomic E-state index is 11.0. The quantitative estimate of drug-likeness (QED) is 0.685. The molecule has 108 valence electrons. The second kappa shape index (κ2) is 9.07. The summed E-state index contributed by atoms with van der Waals surface area (Å²) in [5.41, 5.74) is 0.924. The largest absolute Gasteiger partial charge is 0.379 e. The van der Waals surface area contributed by atoms with E-state index in [9.17, 15) is 4.79 Å². The first kappa shape index (κ1) is 16.1. The number of carbonyl (C=O) groups is 1. The number of nitrogens with one attached hydrogen (secondary N) is 2. The number of hydrogen-bond donors (Lipinski definition) is 2. The van der Waals surface area contributed by atoms with Gasteiger partial charge >= 0.3 is 0 Å². The van der Waals surface area contributed by atoms with Crippen LogP contribution in [-0.2, 0) is 16.1 Å². The lowest BCUT2D eigenvalue weighted by atomic mass is 10.3. The van der Waals surface area contributed by atoms with Crippen LogP contribution in [0.2, 0.25) is 0 Å². The number of thiophene rings is 1. The molecule has 0 saturated carbocycles. The van der Waals surface area contributed by atoms with Crippen LogP contribution in [-0.4, -0.2) is 25.2 Å². The third-order valence-corrected chi connectivity index (χ3v) is 3.46. The highest BCUT2D eigenvalue weighted by Crippen LogP contribution is 2.21. The Morgan fingerprint density at radius 2 is 2.21 bits per heavy atom. The number of amides is 1. The lowest BCUT2D eigenvalue weighted by Gasteiger charge is -2.08. The standard InChI is InChI=1S/C14H24N2O2S/c1-11(2)18-8-5-4-7-15-10-14-13(6-9-19-14)16-12(3)17/h6,9,11,15H,4-5,7-8,10H2,1-3H3,(H,16,17). The summed E-state index contributed by atoms with van der Waals surface area (Å²) in [6, 6.07) is 1.94. The fourth-order valence-corrected chi connectivity index (χ4v) is 2.45. The molecule has 1 rings (SSSR count). The van der Waals surface area contributed by atoms with Crippen molar-refractivity contribution in [1.82, 2.24) is 5.32 Å². The fraction of sp³-hybridized carbons (Fsp3) is 0.643. The number of unbranched alkanes of at least 4 members (excludes halogenated alkanes) is 1. The van der Waals surface area contributed by atoms with E-state index in [0.29, 0.717) is 6.10 Å². The van der Waals surface area contributed by atoms with E-state index in [4.69, 9.17) is 4.74 Å². The Balaban J connectivity index is 2.12. The lowest BCUT2D eigenvalue weighted by molar-refractivity contribution is -0.114. The van der Waals surface area contributed by atoms with Gasteiger partial charge in [0.15, 0.2) is 0 Å². The van der Waals surface area contributed by atoms with Crippen molar-refractivity contribution < 1.29 is 9.53 Å². The van der Waals surface area contributed by atoms with Crippen LogP contribution in [0.4, 0.5) is 5.69 Å². The second-order valence-corrected chi connectivity index (χ2v) is 5.74. The van der Waals surface area contributed by atoms with Crippen LogP contribution in [0.25, 0.3) is 0 Å². The highest BCUT2D eigenvalue weighted by atomic mass is 32.1. The molecule has 4 nitrogen and oxygen atoms in total. The van der Waals surface area contributed by atoms with Gasteiger partial charge in [-0.15, -0.1) is 11.3 Å². The highest BCUT2D eigenvalue weighted by molar-refractivity contribution is 7.10. The van der Waals surface area contributed by atoms with Gasteiger partial charge in [0.25, 0.3) is 0 Å². The molecule has 1 aromatic heterocycles. The molecule has 0 unspecified atom stereocenters. The molecular weight excluding hydrogens is 260 g/mol. The summed E-state index contributed by atoms with van der Waals surface area (Å²) in [4.78, 5) is 12.2. The normalized spacial score (nSPS) is 10.9. The molecule has 0 aliphatic carbocycles. The number of hydrogen-bond acceptors (Lipinski definition) is 4. The summed E-state index contributed by atoms with van der Waals surface area (Å²) in [6.07, 6.45) is 2.50. The summed E-state index contributed by atoms with van der Waals surface area (Å²) in [5.74, 6) is -0.0227. The smallest absolute Gasteiger partial charge is 0.221 e. The molecule has 0 aromatic carbocycles. The molecule has 0 spiro atoms. The summed E-state index contributed by atoms with van der Waals surface area (Å²) in [6.45, 7) is 8.24. The summed E-state index contributed by atoms with van der Waals surface area (Å²) < 4.78 is 5.48. The molecule has 0 aliphatic rings. The Morgan fingerprint density at radius 3 is 2.89 bits per heavy atom. The van der Waals surface area contributed by atoms with Gasteiger partial charge in [-0.1, -0.05) is 0 Å². The Hall–Kier alpha value is -0.910. The van der Waals surface area contributed by atoms with Crippen LogP contribution in [0.5, 0.6) is 0 Å². The van der Waals surface area contributed by atoms with Gasteiger partial charge in [-0.2, -0.15) is 0 Å². The minimum absolute atomic E-state index is 0.0227. The van der Waals surface area contributed by atoms with Gasteiger partial charge in [-0.25, -0.2) is 0 Å². The number of carbonyl (C=O) groups excluding carboxylic acids is 1. The SMILES string of the molecule is CC(=O)Nc1ccsc1CNCCCCOC(C)C. The summed E-state index contributed by atoms with van der Waals surface area (Å²) >= 11 is 1.66. The van der Waals surface area contributed by atoms with E-state index in [1.807, 2.05) is 11.4 Å². The lowest BCUT2D eigenvalue weighted by Crippen LogP contribution is -2.16. The third kappa shape index (κ3) is 7.30. The summed E-state index contributed by atoms with van der Waals surface area (Å²) in [7, 11) is 0. The minimum Gasteiger partial charge on any atom is -0.379 e. The van der Waals surface area contributed by atoms with Gasteiger partial charge in [0, 0.05) is 25.0 Å². The molecular formula is C14H24N2O2S. The maximum Gasteiger partial charge on any atom is 0.221 e. The fourth-order valence-electron chi connectivity index (χ4n) is 1.65. The third-order valence-electron chi connectivity index (χ3n) is 2.54. The molecule has 0 atom stereocenters. The molecule has 0 aliphatic heterocycles. The van der Waals surface area contributed by atoms with Gasteiger partial charge in [0.05, 0.1) is 11.8 Å². The first-order valence-electron chi connectivity index (χ1n) is 6.76. The van der Waals surface area contributed by atoms with Crippen LogP contribution in [0, 0.1) is 0 Å². The van der Waals surface area contributed by atoms with E-state index in [0.717, 1.165) is 38.2 Å². The van der Waals surface area contributed by atoms with Crippen molar-refractivity contribution in [2.45, 2.75) is 46.3 Å². The van der Waals surface area contributed by atoms with Gasteiger partial charge in [-0.05, 0) is 44.7 Å². The van der Waals surface area contributed by atoms with Gasteiger partial charge < -0.3 is 15.4 Å². The van der Waals surface area contributed by atoms with Crippen LogP contribution < -0.4 is 10.6 Å². The second-order valence-electron chi connectivity index (χ2n) is 4.74. The van der Waals surface area contributed by atoms with E-state index >= 15 is 0 Å². The zero-order valence-corrected chi connectivity index (χ0v) is 12.8. The van der Waals surface area contributed by atoms with Crippen molar-refractivity contribution in [3.05, 3.63) is 16.3 Å². The molecule has 0 radical (unpaired) electrons. The number of ether oxygens (including phenoxy) is 1. The van der Waals surface area contributed by atoms with Crippen molar-refractivity contribution in [1.29, 1.82) is 0 Å².